The topological polar surface area (TPSA) is 79.0 Å². The van der Waals surface area contributed by atoms with E-state index in [1.54, 1.807) is 19.1 Å². The van der Waals surface area contributed by atoms with Crippen molar-refractivity contribution < 1.29 is 17.6 Å². The number of Topliss-reactive ketones (excluding diaryl/α,β-unsaturated/α-hetero) is 1. The number of carbonyl (C=O) groups excluding carboxylic acids is 1. The third-order valence-electron chi connectivity index (χ3n) is 5.15. The molecule has 1 aromatic heterocycles. The summed E-state index contributed by atoms with van der Waals surface area (Å²) in [5, 5.41) is 0.734. The van der Waals surface area contributed by atoms with E-state index in [4.69, 9.17) is 0 Å². The minimum absolute atomic E-state index is 0.0496. The maximum absolute atomic E-state index is 13.9. The molecule has 0 aliphatic heterocycles. The molecule has 2 N–H and O–H groups in total. The van der Waals surface area contributed by atoms with Crippen molar-refractivity contribution in [3.05, 3.63) is 59.0 Å². The van der Waals surface area contributed by atoms with E-state index >= 15 is 0 Å². The van der Waals surface area contributed by atoms with Crippen LogP contribution in [0.5, 0.6) is 0 Å². The number of hydrogen-bond acceptors (Lipinski definition) is 3. The van der Waals surface area contributed by atoms with Gasteiger partial charge in [-0.25, -0.2) is 12.8 Å². The molecule has 0 amide bonds. The van der Waals surface area contributed by atoms with Crippen LogP contribution in [0.4, 0.5) is 10.1 Å². The van der Waals surface area contributed by atoms with Gasteiger partial charge in [0.2, 0.25) is 0 Å². The summed E-state index contributed by atoms with van der Waals surface area (Å²) in [4.78, 5) is 15.9. The molecule has 0 fully saturated rings. The van der Waals surface area contributed by atoms with Gasteiger partial charge in [-0.2, -0.15) is 0 Å². The molecule has 4 rings (SSSR count). The number of nitrogens with one attached hydrogen (secondary N) is 2. The first-order valence-corrected chi connectivity index (χ1v) is 10.5. The molecule has 0 unspecified atom stereocenters. The first kappa shape index (κ1) is 18.7. The lowest BCUT2D eigenvalue weighted by Crippen LogP contribution is -2.26. The Hall–Kier alpha value is -2.67. The zero-order valence-corrected chi connectivity index (χ0v) is 16.7. The Kier molecular flexibility index (Phi) is 4.12. The number of ketones is 1. The summed E-state index contributed by atoms with van der Waals surface area (Å²) in [6.45, 7) is 5.75. The van der Waals surface area contributed by atoms with Crippen molar-refractivity contribution in [2.24, 2.45) is 5.41 Å². The maximum atomic E-state index is 13.9. The van der Waals surface area contributed by atoms with E-state index in [2.05, 4.69) is 9.71 Å². The smallest absolute Gasteiger partial charge is 0.262 e. The Balaban J connectivity index is 1.82. The number of sulfonamides is 1. The highest BCUT2D eigenvalue weighted by molar-refractivity contribution is 7.92. The Morgan fingerprint density at radius 2 is 1.86 bits per heavy atom. The molecule has 5 nitrogen and oxygen atoms in total. The summed E-state index contributed by atoms with van der Waals surface area (Å²) in [6.07, 6.45) is 1.18. The van der Waals surface area contributed by atoms with E-state index < -0.39 is 15.8 Å². The predicted octanol–water partition coefficient (Wildman–Crippen LogP) is 4.57. The van der Waals surface area contributed by atoms with Crippen LogP contribution >= 0.6 is 0 Å². The van der Waals surface area contributed by atoms with Gasteiger partial charge in [0.1, 0.15) is 5.82 Å². The number of H-pyrrole nitrogens is 1. The Morgan fingerprint density at radius 1 is 1.14 bits per heavy atom. The number of anilines is 1. The van der Waals surface area contributed by atoms with Gasteiger partial charge in [0, 0.05) is 28.6 Å². The van der Waals surface area contributed by atoms with Crippen LogP contribution in [-0.4, -0.2) is 19.2 Å². The number of carbonyl (C=O) groups is 1. The molecule has 0 atom stereocenters. The highest BCUT2D eigenvalue weighted by atomic mass is 32.2. The van der Waals surface area contributed by atoms with Gasteiger partial charge in [-0.1, -0.05) is 26.0 Å². The molecule has 7 heteroatoms. The van der Waals surface area contributed by atoms with Crippen molar-refractivity contribution in [1.29, 1.82) is 0 Å². The van der Waals surface area contributed by atoms with Gasteiger partial charge >= 0.3 is 0 Å². The fourth-order valence-corrected chi connectivity index (χ4v) is 5.26. The van der Waals surface area contributed by atoms with Crippen molar-refractivity contribution >= 4 is 32.4 Å². The molecule has 3 aromatic rings. The lowest BCUT2D eigenvalue weighted by molar-refractivity contribution is 0.0913. The van der Waals surface area contributed by atoms with Gasteiger partial charge in [0.15, 0.2) is 5.78 Å². The Morgan fingerprint density at radius 3 is 2.57 bits per heavy atom. The average Bonchev–Trinajstić information content (AvgIpc) is 2.91. The van der Waals surface area contributed by atoms with Crippen molar-refractivity contribution in [1.82, 2.24) is 4.98 Å². The fourth-order valence-electron chi connectivity index (χ4n) is 3.93. The van der Waals surface area contributed by atoms with Gasteiger partial charge in [0.05, 0.1) is 10.6 Å². The number of benzene rings is 2. The van der Waals surface area contributed by atoms with Gasteiger partial charge in [-0.3, -0.25) is 9.52 Å². The summed E-state index contributed by atoms with van der Waals surface area (Å²) in [5.74, 6) is -0.579. The number of para-hydroxylation sites is 1. The second kappa shape index (κ2) is 6.17. The lowest BCUT2D eigenvalue weighted by Gasteiger charge is -2.28. The van der Waals surface area contributed by atoms with Crippen LogP contribution in [0.15, 0.2) is 41.3 Å². The number of aryl methyl sites for hydroxylation is 1. The summed E-state index contributed by atoms with van der Waals surface area (Å²) in [5.41, 5.74) is 2.34. The summed E-state index contributed by atoms with van der Waals surface area (Å²) < 4.78 is 41.9. The normalized spacial score (nSPS) is 16.2. The molecule has 2 aromatic carbocycles. The average molecular weight is 400 g/mol. The largest absolute Gasteiger partial charge is 0.358 e. The lowest BCUT2D eigenvalue weighted by atomic mass is 9.76. The molecule has 0 saturated carbocycles. The SMILES string of the molecule is Cc1cc2c3c([nH]c2cc1S(=O)(=O)Nc1ccccc1F)CC(C)(C)CC3=O. The third-order valence-corrected chi connectivity index (χ3v) is 6.66. The van der Waals surface area contributed by atoms with E-state index in [0.717, 1.165) is 17.5 Å². The molecule has 0 spiro atoms. The predicted molar refractivity (Wildman–Crippen MR) is 107 cm³/mol. The number of aromatic amines is 1. The summed E-state index contributed by atoms with van der Waals surface area (Å²) in [7, 11) is -3.99. The van der Waals surface area contributed by atoms with Crippen molar-refractivity contribution in [3.8, 4) is 0 Å². The maximum Gasteiger partial charge on any atom is 0.262 e. The summed E-state index contributed by atoms with van der Waals surface area (Å²) in [6, 6.07) is 8.86. The first-order valence-electron chi connectivity index (χ1n) is 9.03. The molecule has 0 radical (unpaired) electrons. The second-order valence-corrected chi connectivity index (χ2v) is 9.82. The molecule has 0 bridgehead atoms. The number of fused-ring (bicyclic) bond motifs is 3. The van der Waals surface area contributed by atoms with Crippen LogP contribution in [0.1, 0.15) is 41.9 Å². The molecular weight excluding hydrogens is 379 g/mol. The molecule has 1 aliphatic rings. The minimum atomic E-state index is -3.99. The highest BCUT2D eigenvalue weighted by Crippen LogP contribution is 2.39. The van der Waals surface area contributed by atoms with Crippen LogP contribution in [0.3, 0.4) is 0 Å². The number of rotatable bonds is 3. The van der Waals surface area contributed by atoms with Crippen molar-refractivity contribution in [2.75, 3.05) is 4.72 Å². The molecular formula is C21H21FN2O3S. The quantitative estimate of drug-likeness (QED) is 0.676. The van der Waals surface area contributed by atoms with Crippen molar-refractivity contribution in [2.45, 2.75) is 38.5 Å². The zero-order valence-electron chi connectivity index (χ0n) is 15.9. The van der Waals surface area contributed by atoms with Crippen LogP contribution in [0.2, 0.25) is 0 Å². The van der Waals surface area contributed by atoms with Crippen molar-refractivity contribution in [3.63, 3.8) is 0 Å². The number of halogens is 1. The van der Waals surface area contributed by atoms with Crippen LogP contribution in [0, 0.1) is 18.2 Å². The van der Waals surface area contributed by atoms with Gasteiger partial charge in [-0.15, -0.1) is 0 Å². The van der Waals surface area contributed by atoms with Crippen LogP contribution < -0.4 is 4.72 Å². The van der Waals surface area contributed by atoms with Crippen LogP contribution in [-0.2, 0) is 16.4 Å². The molecule has 0 saturated heterocycles. The molecule has 1 heterocycles. The van der Waals surface area contributed by atoms with E-state index in [1.165, 1.54) is 24.3 Å². The van der Waals surface area contributed by atoms with E-state index in [0.29, 0.717) is 23.1 Å². The van der Waals surface area contributed by atoms with E-state index in [1.807, 2.05) is 13.8 Å². The Bertz CT molecular complexity index is 1230. The fraction of sp³-hybridized carbons (Fsp3) is 0.286. The Labute approximate surface area is 163 Å². The van der Waals surface area contributed by atoms with Gasteiger partial charge in [-0.05, 0) is 48.6 Å². The van der Waals surface area contributed by atoms with E-state index in [9.17, 15) is 17.6 Å². The monoisotopic (exact) mass is 400 g/mol. The summed E-state index contributed by atoms with van der Waals surface area (Å²) >= 11 is 0. The standard InChI is InChI=1S/C21H21FN2O3S/c1-12-8-13-16(23-17-10-21(2,3)11-18(25)20(13)17)9-19(12)28(26,27)24-15-7-5-4-6-14(15)22/h4-9,23-24H,10-11H2,1-3H3. The van der Waals surface area contributed by atoms with E-state index in [-0.39, 0.29) is 21.8 Å². The number of hydrogen-bond donors (Lipinski definition) is 2. The third kappa shape index (κ3) is 3.09. The first-order chi connectivity index (χ1) is 13.1. The molecule has 1 aliphatic carbocycles. The highest BCUT2D eigenvalue weighted by Gasteiger charge is 2.34. The minimum Gasteiger partial charge on any atom is -0.358 e. The second-order valence-electron chi connectivity index (χ2n) is 8.17. The zero-order chi connectivity index (χ0) is 20.3. The van der Waals surface area contributed by atoms with Crippen LogP contribution in [0.25, 0.3) is 10.9 Å². The number of aromatic nitrogens is 1. The van der Waals surface area contributed by atoms with Gasteiger partial charge < -0.3 is 4.98 Å². The molecule has 28 heavy (non-hydrogen) atoms. The van der Waals surface area contributed by atoms with Gasteiger partial charge in [0.25, 0.3) is 10.0 Å². The molecule has 146 valence electrons.